The van der Waals surface area contributed by atoms with Gasteiger partial charge in [0.1, 0.15) is 11.5 Å². The molecule has 29 heavy (non-hydrogen) atoms. The second-order valence-electron chi connectivity index (χ2n) is 7.08. The summed E-state index contributed by atoms with van der Waals surface area (Å²) in [7, 11) is 3.22. The largest absolute Gasteiger partial charge is 0.497 e. The highest BCUT2D eigenvalue weighted by Crippen LogP contribution is 2.48. The van der Waals surface area contributed by atoms with Crippen LogP contribution in [0.3, 0.4) is 0 Å². The first-order valence-corrected chi connectivity index (χ1v) is 9.32. The number of nitrogens with zero attached hydrogens (tertiary/aromatic N) is 5. The predicted molar refractivity (Wildman–Crippen MR) is 108 cm³/mol. The summed E-state index contributed by atoms with van der Waals surface area (Å²) in [6, 6.07) is 12.7. The Morgan fingerprint density at radius 2 is 1.86 bits per heavy atom. The number of carbonyl (C=O) groups is 1. The van der Waals surface area contributed by atoms with E-state index in [1.165, 1.54) is 11.9 Å². The second-order valence-corrected chi connectivity index (χ2v) is 7.08. The van der Waals surface area contributed by atoms with E-state index in [1.807, 2.05) is 42.5 Å². The number of benzene rings is 2. The van der Waals surface area contributed by atoms with Gasteiger partial charge < -0.3 is 9.47 Å². The van der Waals surface area contributed by atoms with E-state index in [0.29, 0.717) is 12.2 Å². The minimum absolute atomic E-state index is 0.0950. The maximum absolute atomic E-state index is 12.4. The minimum Gasteiger partial charge on any atom is -0.497 e. The molecule has 0 radical (unpaired) electrons. The van der Waals surface area contributed by atoms with Gasteiger partial charge in [-0.3, -0.25) is 4.79 Å². The van der Waals surface area contributed by atoms with Crippen molar-refractivity contribution < 1.29 is 14.3 Å². The number of hydrogen-bond donors (Lipinski definition) is 0. The molecule has 8 nitrogen and oxygen atoms in total. The highest BCUT2D eigenvalue weighted by atomic mass is 16.5. The molecular weight excluding hydrogens is 370 g/mol. The van der Waals surface area contributed by atoms with Gasteiger partial charge in [-0.1, -0.05) is 23.3 Å². The summed E-state index contributed by atoms with van der Waals surface area (Å²) in [4.78, 5) is 15.5. The lowest BCUT2D eigenvalue weighted by molar-refractivity contribution is -0.131. The summed E-state index contributed by atoms with van der Waals surface area (Å²) in [5.74, 6) is 1.20. The van der Waals surface area contributed by atoms with Gasteiger partial charge in [0.25, 0.3) is 0 Å². The molecule has 0 fully saturated rings. The molecule has 2 aromatic rings. The zero-order valence-corrected chi connectivity index (χ0v) is 16.4. The lowest BCUT2D eigenvalue weighted by Gasteiger charge is -2.32. The predicted octanol–water partition coefficient (Wildman–Crippen LogP) is 4.38. The number of hydrogen-bond acceptors (Lipinski definition) is 5. The molecule has 1 amide bonds. The third-order valence-corrected chi connectivity index (χ3v) is 5.55. The fourth-order valence-electron chi connectivity index (χ4n) is 4.22. The standard InChI is InChI=1S/C21H21N5O3/c1-12(27)26-21(13-4-6-14(28-2)7-5-13)18-11-19(23-25-22)16-9-8-15(29-3)10-17(16)20(18)24-26/h4-10,18-19,21H,11H2,1-3H3/t18-,19?,21-/m1/s1. The van der Waals surface area contributed by atoms with E-state index < -0.39 is 0 Å². The molecule has 8 heteroatoms. The number of fused-ring (bicyclic) bond motifs is 3. The number of carbonyl (C=O) groups excluding carboxylic acids is 1. The van der Waals surface area contributed by atoms with Crippen molar-refractivity contribution in [1.29, 1.82) is 0 Å². The maximum Gasteiger partial charge on any atom is 0.240 e. The van der Waals surface area contributed by atoms with Crippen LogP contribution in [-0.2, 0) is 4.79 Å². The van der Waals surface area contributed by atoms with Gasteiger partial charge in [-0.15, -0.1) is 0 Å². The van der Waals surface area contributed by atoms with Crippen molar-refractivity contribution >= 4 is 11.6 Å². The van der Waals surface area contributed by atoms with Gasteiger partial charge in [-0.25, -0.2) is 5.01 Å². The molecule has 0 N–H and O–H groups in total. The Kier molecular flexibility index (Phi) is 4.86. The molecule has 3 atom stereocenters. The third kappa shape index (κ3) is 3.17. The van der Waals surface area contributed by atoms with Crippen molar-refractivity contribution in [3.8, 4) is 11.5 Å². The molecule has 0 aromatic heterocycles. The van der Waals surface area contributed by atoms with Crippen molar-refractivity contribution in [2.45, 2.75) is 25.4 Å². The fraction of sp³-hybridized carbons (Fsp3) is 0.333. The van der Waals surface area contributed by atoms with Crippen molar-refractivity contribution in [1.82, 2.24) is 5.01 Å². The monoisotopic (exact) mass is 391 g/mol. The van der Waals surface area contributed by atoms with E-state index in [2.05, 4.69) is 10.0 Å². The summed E-state index contributed by atoms with van der Waals surface area (Å²) in [6.45, 7) is 1.51. The van der Waals surface area contributed by atoms with Crippen LogP contribution in [-0.4, -0.2) is 30.8 Å². The van der Waals surface area contributed by atoms with Crippen molar-refractivity contribution in [3.63, 3.8) is 0 Å². The van der Waals surface area contributed by atoms with E-state index in [4.69, 9.17) is 20.1 Å². The van der Waals surface area contributed by atoms with E-state index >= 15 is 0 Å². The summed E-state index contributed by atoms with van der Waals surface area (Å²) in [5.41, 5.74) is 12.6. The lowest BCUT2D eigenvalue weighted by Crippen LogP contribution is -2.32. The van der Waals surface area contributed by atoms with E-state index in [0.717, 1.165) is 28.2 Å². The topological polar surface area (TPSA) is 99.9 Å². The molecule has 2 aliphatic rings. The van der Waals surface area contributed by atoms with Gasteiger partial charge in [-0.05, 0) is 47.3 Å². The molecule has 1 heterocycles. The number of methoxy groups -OCH3 is 2. The van der Waals surface area contributed by atoms with Crippen LogP contribution >= 0.6 is 0 Å². The van der Waals surface area contributed by atoms with Crippen LogP contribution in [0.2, 0.25) is 0 Å². The van der Waals surface area contributed by atoms with E-state index in [1.54, 1.807) is 14.2 Å². The lowest BCUT2D eigenvalue weighted by atomic mass is 9.75. The summed E-state index contributed by atoms with van der Waals surface area (Å²) < 4.78 is 10.6. The molecule has 1 aliphatic heterocycles. The number of hydrazone groups is 1. The van der Waals surface area contributed by atoms with Crippen LogP contribution in [0.25, 0.3) is 10.4 Å². The Hall–Kier alpha value is -3.51. The molecule has 4 rings (SSSR count). The molecule has 0 saturated heterocycles. The van der Waals surface area contributed by atoms with Gasteiger partial charge in [0, 0.05) is 23.3 Å². The van der Waals surface area contributed by atoms with Gasteiger partial charge >= 0.3 is 0 Å². The third-order valence-electron chi connectivity index (χ3n) is 5.55. The smallest absolute Gasteiger partial charge is 0.240 e. The Balaban J connectivity index is 1.84. The van der Waals surface area contributed by atoms with Crippen molar-refractivity contribution in [2.75, 3.05) is 14.2 Å². The molecule has 0 saturated carbocycles. The second kappa shape index (κ2) is 7.48. The van der Waals surface area contributed by atoms with E-state index in [-0.39, 0.29) is 23.9 Å². The Morgan fingerprint density at radius 1 is 1.17 bits per heavy atom. The average Bonchev–Trinajstić information content (AvgIpc) is 3.13. The van der Waals surface area contributed by atoms with Gasteiger partial charge in [0.05, 0.1) is 32.0 Å². The van der Waals surface area contributed by atoms with Crippen LogP contribution in [0, 0.1) is 5.92 Å². The molecule has 1 unspecified atom stereocenters. The molecule has 0 bridgehead atoms. The fourth-order valence-corrected chi connectivity index (χ4v) is 4.22. The highest BCUT2D eigenvalue weighted by Gasteiger charge is 2.45. The first-order valence-electron chi connectivity index (χ1n) is 9.32. The number of rotatable bonds is 4. The Bertz CT molecular complexity index is 1030. The highest BCUT2D eigenvalue weighted by molar-refractivity contribution is 6.07. The van der Waals surface area contributed by atoms with Crippen LogP contribution in [0.15, 0.2) is 52.7 Å². The first kappa shape index (κ1) is 18.8. The number of amides is 1. The summed E-state index contributed by atoms with van der Waals surface area (Å²) >= 11 is 0. The summed E-state index contributed by atoms with van der Waals surface area (Å²) in [5, 5.41) is 10.3. The molecule has 148 valence electrons. The molecular formula is C21H21N5O3. The van der Waals surface area contributed by atoms with Crippen molar-refractivity contribution in [2.24, 2.45) is 16.1 Å². The van der Waals surface area contributed by atoms with Gasteiger partial charge in [-0.2, -0.15) is 5.10 Å². The number of azide groups is 1. The van der Waals surface area contributed by atoms with Crippen LogP contribution in [0.4, 0.5) is 0 Å². The summed E-state index contributed by atoms with van der Waals surface area (Å²) in [6.07, 6.45) is 0.572. The SMILES string of the molecule is COc1ccc([C@@H]2[C@@H]3CC(N=[N+]=[N-])c4ccc(OC)cc4C3=NN2C(C)=O)cc1. The van der Waals surface area contributed by atoms with Crippen LogP contribution < -0.4 is 9.47 Å². The first-order chi connectivity index (χ1) is 14.1. The molecule has 1 aliphatic carbocycles. The average molecular weight is 391 g/mol. The van der Waals surface area contributed by atoms with E-state index in [9.17, 15) is 4.79 Å². The van der Waals surface area contributed by atoms with Crippen LogP contribution in [0.1, 0.15) is 42.1 Å². The Morgan fingerprint density at radius 3 is 2.48 bits per heavy atom. The zero-order valence-electron chi connectivity index (χ0n) is 16.4. The normalized spacial score (nSPS) is 22.1. The zero-order chi connectivity index (χ0) is 20.5. The van der Waals surface area contributed by atoms with Gasteiger partial charge in [0.2, 0.25) is 5.91 Å². The quantitative estimate of drug-likeness (QED) is 0.439. The molecule has 2 aromatic carbocycles. The van der Waals surface area contributed by atoms with Gasteiger partial charge in [0.15, 0.2) is 0 Å². The van der Waals surface area contributed by atoms with Crippen molar-refractivity contribution in [3.05, 3.63) is 69.6 Å². The number of ether oxygens (including phenoxy) is 2. The maximum atomic E-state index is 12.4. The Labute approximate surface area is 168 Å². The van der Waals surface area contributed by atoms with Crippen LogP contribution in [0.5, 0.6) is 11.5 Å². The molecule has 0 spiro atoms. The minimum atomic E-state index is -0.336.